The van der Waals surface area contributed by atoms with Gasteiger partial charge in [0.2, 0.25) is 0 Å². The van der Waals surface area contributed by atoms with Crippen molar-refractivity contribution < 1.29 is 28.8 Å². The van der Waals surface area contributed by atoms with Gasteiger partial charge in [0.25, 0.3) is 0 Å². The Balaban J connectivity index is 1.85. The third kappa shape index (κ3) is 1.57. The minimum atomic E-state index is -0.674. The maximum Gasteiger partial charge on any atom is 0.189 e. The number of aliphatic hydroxyl groups is 1. The highest BCUT2D eigenvalue weighted by Crippen LogP contribution is 2.40. The standard InChI is InChI=1S/C10H16O6/c1-10(2)15-6-5(3-11)14-9-8(7(6)16-10)12-4-13-9/h5-9,11H,3-4H2,1-2H3/t5?,6-,7?,8-,9-/m0/s1. The predicted molar refractivity (Wildman–Crippen MR) is 50.4 cm³/mol. The second-order valence-electron chi connectivity index (χ2n) is 4.71. The van der Waals surface area contributed by atoms with Gasteiger partial charge in [-0.15, -0.1) is 0 Å². The lowest BCUT2D eigenvalue weighted by atomic mass is 9.99. The van der Waals surface area contributed by atoms with Gasteiger partial charge in [0.05, 0.1) is 6.61 Å². The van der Waals surface area contributed by atoms with Gasteiger partial charge in [0, 0.05) is 0 Å². The van der Waals surface area contributed by atoms with Gasteiger partial charge in [0.1, 0.15) is 24.4 Å². The average Bonchev–Trinajstić information content (AvgIpc) is 2.78. The molecule has 3 saturated heterocycles. The fraction of sp³-hybridized carbons (Fsp3) is 1.00. The molecule has 3 aliphatic heterocycles. The van der Waals surface area contributed by atoms with Gasteiger partial charge in [-0.2, -0.15) is 0 Å². The molecule has 0 saturated carbocycles. The van der Waals surface area contributed by atoms with Crippen LogP contribution in [0.15, 0.2) is 0 Å². The summed E-state index contributed by atoms with van der Waals surface area (Å²) in [4.78, 5) is 0. The Hall–Kier alpha value is -0.240. The van der Waals surface area contributed by atoms with Gasteiger partial charge in [-0.05, 0) is 13.8 Å². The Morgan fingerprint density at radius 2 is 1.88 bits per heavy atom. The van der Waals surface area contributed by atoms with Crippen molar-refractivity contribution in [2.45, 2.75) is 50.3 Å². The van der Waals surface area contributed by atoms with Crippen LogP contribution in [0.2, 0.25) is 0 Å². The Kier molecular flexibility index (Phi) is 2.47. The number of ether oxygens (including phenoxy) is 5. The van der Waals surface area contributed by atoms with E-state index in [2.05, 4.69) is 0 Å². The molecule has 0 aromatic heterocycles. The average molecular weight is 232 g/mol. The van der Waals surface area contributed by atoms with E-state index in [4.69, 9.17) is 23.7 Å². The normalized spacial score (nSPS) is 50.1. The van der Waals surface area contributed by atoms with E-state index in [9.17, 15) is 5.11 Å². The van der Waals surface area contributed by atoms with Gasteiger partial charge < -0.3 is 28.8 Å². The van der Waals surface area contributed by atoms with Crippen molar-refractivity contribution in [3.05, 3.63) is 0 Å². The smallest absolute Gasteiger partial charge is 0.189 e. The van der Waals surface area contributed by atoms with E-state index in [-0.39, 0.29) is 31.7 Å². The molecule has 0 aromatic carbocycles. The molecule has 3 fully saturated rings. The summed E-state index contributed by atoms with van der Waals surface area (Å²) in [6.45, 7) is 3.75. The lowest BCUT2D eigenvalue weighted by Crippen LogP contribution is -2.56. The SMILES string of the molecule is CC1(C)OC2[C@@H](O1)C(CO)O[C@@H]1OCO[C@@H]21. The molecule has 0 aromatic rings. The van der Waals surface area contributed by atoms with E-state index in [1.165, 1.54) is 0 Å². The molecule has 16 heavy (non-hydrogen) atoms. The summed E-state index contributed by atoms with van der Waals surface area (Å²) in [5, 5.41) is 9.27. The summed E-state index contributed by atoms with van der Waals surface area (Å²) in [5.74, 6) is -0.674. The predicted octanol–water partition coefficient (Wildman–Crippen LogP) is -0.403. The second-order valence-corrected chi connectivity index (χ2v) is 4.71. The Labute approximate surface area is 93.4 Å². The maximum atomic E-state index is 9.27. The van der Waals surface area contributed by atoms with E-state index in [0.717, 1.165) is 0 Å². The molecule has 6 nitrogen and oxygen atoms in total. The Morgan fingerprint density at radius 3 is 2.62 bits per heavy atom. The first-order chi connectivity index (χ1) is 7.61. The number of rotatable bonds is 1. The molecule has 0 aliphatic carbocycles. The zero-order valence-corrected chi connectivity index (χ0v) is 9.29. The molecule has 2 unspecified atom stereocenters. The fourth-order valence-corrected chi connectivity index (χ4v) is 2.48. The third-order valence-electron chi connectivity index (χ3n) is 3.10. The summed E-state index contributed by atoms with van der Waals surface area (Å²) in [6.07, 6.45) is -1.70. The Morgan fingerprint density at radius 1 is 1.12 bits per heavy atom. The number of hydrogen-bond donors (Lipinski definition) is 1. The zero-order valence-electron chi connectivity index (χ0n) is 9.29. The fourth-order valence-electron chi connectivity index (χ4n) is 2.48. The van der Waals surface area contributed by atoms with E-state index >= 15 is 0 Å². The van der Waals surface area contributed by atoms with Crippen LogP contribution in [0.3, 0.4) is 0 Å². The van der Waals surface area contributed by atoms with Crippen molar-refractivity contribution in [3.8, 4) is 0 Å². The van der Waals surface area contributed by atoms with Crippen LogP contribution in [-0.4, -0.2) is 55.0 Å². The van der Waals surface area contributed by atoms with Crippen molar-refractivity contribution >= 4 is 0 Å². The molecule has 3 rings (SSSR count). The van der Waals surface area contributed by atoms with Gasteiger partial charge in [-0.1, -0.05) is 0 Å². The molecular formula is C10H16O6. The molecule has 3 heterocycles. The van der Waals surface area contributed by atoms with E-state index < -0.39 is 18.2 Å². The molecule has 0 spiro atoms. The van der Waals surface area contributed by atoms with Gasteiger partial charge in [0.15, 0.2) is 18.9 Å². The largest absolute Gasteiger partial charge is 0.394 e. The van der Waals surface area contributed by atoms with Crippen LogP contribution in [0.4, 0.5) is 0 Å². The minimum Gasteiger partial charge on any atom is -0.394 e. The molecule has 0 radical (unpaired) electrons. The highest BCUT2D eigenvalue weighted by atomic mass is 16.8. The van der Waals surface area contributed by atoms with Crippen LogP contribution in [0, 0.1) is 0 Å². The lowest BCUT2D eigenvalue weighted by Gasteiger charge is -2.36. The number of hydrogen-bond acceptors (Lipinski definition) is 6. The van der Waals surface area contributed by atoms with Gasteiger partial charge >= 0.3 is 0 Å². The first-order valence-electron chi connectivity index (χ1n) is 5.46. The molecule has 5 atom stereocenters. The second kappa shape index (κ2) is 3.63. The number of fused-ring (bicyclic) bond motifs is 3. The van der Waals surface area contributed by atoms with Crippen molar-refractivity contribution in [2.75, 3.05) is 13.4 Å². The number of aliphatic hydroxyl groups excluding tert-OH is 1. The van der Waals surface area contributed by atoms with Crippen LogP contribution < -0.4 is 0 Å². The van der Waals surface area contributed by atoms with Gasteiger partial charge in [-0.25, -0.2) is 0 Å². The summed E-state index contributed by atoms with van der Waals surface area (Å²) in [7, 11) is 0. The van der Waals surface area contributed by atoms with Crippen LogP contribution in [0.1, 0.15) is 13.8 Å². The third-order valence-corrected chi connectivity index (χ3v) is 3.10. The molecular weight excluding hydrogens is 216 g/mol. The molecule has 3 aliphatic rings. The minimum absolute atomic E-state index is 0.118. The van der Waals surface area contributed by atoms with Crippen LogP contribution in [-0.2, 0) is 23.7 Å². The van der Waals surface area contributed by atoms with E-state index in [1.54, 1.807) is 0 Å². The summed E-state index contributed by atoms with van der Waals surface area (Å²) < 4.78 is 27.8. The first kappa shape index (κ1) is 10.9. The van der Waals surface area contributed by atoms with Crippen molar-refractivity contribution in [1.82, 2.24) is 0 Å². The molecule has 1 N–H and O–H groups in total. The van der Waals surface area contributed by atoms with Crippen LogP contribution in [0.5, 0.6) is 0 Å². The summed E-state index contributed by atoms with van der Waals surface area (Å²) in [6, 6.07) is 0. The van der Waals surface area contributed by atoms with E-state index in [1.807, 2.05) is 13.8 Å². The molecule has 0 bridgehead atoms. The topological polar surface area (TPSA) is 66.4 Å². The molecule has 0 amide bonds. The van der Waals surface area contributed by atoms with Crippen molar-refractivity contribution in [3.63, 3.8) is 0 Å². The molecule has 92 valence electrons. The van der Waals surface area contributed by atoms with Crippen molar-refractivity contribution in [2.24, 2.45) is 0 Å². The highest BCUT2D eigenvalue weighted by Gasteiger charge is 2.57. The van der Waals surface area contributed by atoms with Crippen LogP contribution in [0.25, 0.3) is 0 Å². The lowest BCUT2D eigenvalue weighted by molar-refractivity contribution is -0.227. The van der Waals surface area contributed by atoms with Crippen molar-refractivity contribution in [1.29, 1.82) is 0 Å². The van der Waals surface area contributed by atoms with E-state index in [0.29, 0.717) is 0 Å². The zero-order chi connectivity index (χ0) is 11.3. The maximum absolute atomic E-state index is 9.27. The van der Waals surface area contributed by atoms with Crippen LogP contribution >= 0.6 is 0 Å². The molecule has 6 heteroatoms. The van der Waals surface area contributed by atoms with Gasteiger partial charge in [-0.3, -0.25) is 0 Å². The Bertz CT molecular complexity index is 280. The summed E-state index contributed by atoms with van der Waals surface area (Å²) in [5.41, 5.74) is 0. The summed E-state index contributed by atoms with van der Waals surface area (Å²) >= 11 is 0. The first-order valence-corrected chi connectivity index (χ1v) is 5.46. The monoisotopic (exact) mass is 232 g/mol. The highest BCUT2D eigenvalue weighted by molar-refractivity contribution is 4.98. The quantitative estimate of drug-likeness (QED) is 0.663.